The van der Waals surface area contributed by atoms with Crippen LogP contribution in [-0.4, -0.2) is 50.7 Å². The molecule has 1 unspecified atom stereocenters. The number of aromatic nitrogens is 2. The molecule has 6 nitrogen and oxygen atoms in total. The summed E-state index contributed by atoms with van der Waals surface area (Å²) in [4.78, 5) is 21.7. The van der Waals surface area contributed by atoms with Crippen molar-refractivity contribution in [2.75, 3.05) is 18.0 Å². The Hall–Kier alpha value is -2.06. The number of rotatable bonds is 2. The molecule has 23 heavy (non-hydrogen) atoms. The third-order valence-electron chi connectivity index (χ3n) is 3.69. The van der Waals surface area contributed by atoms with Crippen molar-refractivity contribution in [2.45, 2.75) is 44.9 Å². The lowest BCUT2D eigenvalue weighted by Gasteiger charge is -2.37. The predicted molar refractivity (Wildman–Crippen MR) is 77.3 cm³/mol. The lowest BCUT2D eigenvalue weighted by molar-refractivity contribution is -0.141. The Morgan fingerprint density at radius 2 is 2.00 bits per heavy atom. The summed E-state index contributed by atoms with van der Waals surface area (Å²) >= 11 is 0. The van der Waals surface area contributed by atoms with Gasteiger partial charge in [-0.2, -0.15) is 13.2 Å². The van der Waals surface area contributed by atoms with Gasteiger partial charge in [-0.15, -0.1) is 0 Å². The Morgan fingerprint density at radius 1 is 1.35 bits per heavy atom. The number of nitrogens with zero attached hydrogens (tertiary/aromatic N) is 4. The predicted octanol–water partition coefficient (Wildman–Crippen LogP) is 2.85. The zero-order chi connectivity index (χ0) is 17.4. The fraction of sp³-hybridized carbons (Fsp3) is 0.643. The van der Waals surface area contributed by atoms with Crippen LogP contribution in [0.25, 0.3) is 0 Å². The van der Waals surface area contributed by atoms with E-state index in [-0.39, 0.29) is 11.9 Å². The van der Waals surface area contributed by atoms with Gasteiger partial charge in [0.25, 0.3) is 0 Å². The van der Waals surface area contributed by atoms with Crippen molar-refractivity contribution in [1.82, 2.24) is 14.9 Å². The molecule has 0 bridgehead atoms. The SMILES string of the molecule is CC(C)(C)N(C(=O)O)C1CCN(c2cncc(C(F)(F)F)n2)C1. The summed E-state index contributed by atoms with van der Waals surface area (Å²) in [5, 5.41) is 9.41. The monoisotopic (exact) mass is 332 g/mol. The molecular formula is C14H19F3N4O2. The third kappa shape index (κ3) is 3.83. The van der Waals surface area contributed by atoms with Gasteiger partial charge in [0, 0.05) is 18.6 Å². The Balaban J connectivity index is 2.18. The van der Waals surface area contributed by atoms with Gasteiger partial charge in [0.15, 0.2) is 5.69 Å². The first-order chi connectivity index (χ1) is 10.5. The lowest BCUT2D eigenvalue weighted by Crippen LogP contribution is -2.52. The standard InChI is InChI=1S/C14H19F3N4O2/c1-13(2,3)21(12(22)23)9-4-5-20(8-9)11-7-18-6-10(19-11)14(15,16)17/h6-7,9H,4-5,8H2,1-3H3,(H,22,23). The second-order valence-electron chi connectivity index (χ2n) is 6.47. The van der Waals surface area contributed by atoms with Gasteiger partial charge in [-0.25, -0.2) is 9.78 Å². The van der Waals surface area contributed by atoms with E-state index in [1.165, 1.54) is 11.1 Å². The molecule has 0 spiro atoms. The number of alkyl halides is 3. The van der Waals surface area contributed by atoms with E-state index in [2.05, 4.69) is 9.97 Å². The minimum absolute atomic E-state index is 0.113. The zero-order valence-corrected chi connectivity index (χ0v) is 13.1. The van der Waals surface area contributed by atoms with Crippen LogP contribution in [0.4, 0.5) is 23.8 Å². The second kappa shape index (κ2) is 5.86. The van der Waals surface area contributed by atoms with E-state index in [1.54, 1.807) is 25.7 Å². The molecule has 1 aromatic rings. The van der Waals surface area contributed by atoms with Gasteiger partial charge in [-0.3, -0.25) is 9.88 Å². The molecule has 9 heteroatoms. The van der Waals surface area contributed by atoms with E-state index < -0.39 is 23.5 Å². The van der Waals surface area contributed by atoms with E-state index in [9.17, 15) is 23.1 Å². The van der Waals surface area contributed by atoms with E-state index in [0.717, 1.165) is 0 Å². The molecule has 2 rings (SSSR count). The molecule has 0 saturated carbocycles. The van der Waals surface area contributed by atoms with Crippen molar-refractivity contribution >= 4 is 11.9 Å². The van der Waals surface area contributed by atoms with Crippen LogP contribution in [0.1, 0.15) is 32.9 Å². The molecule has 1 aromatic heterocycles. The summed E-state index contributed by atoms with van der Waals surface area (Å²) in [5.74, 6) is 0.113. The first kappa shape index (κ1) is 17.3. The first-order valence-electron chi connectivity index (χ1n) is 7.16. The van der Waals surface area contributed by atoms with Gasteiger partial charge in [0.2, 0.25) is 0 Å². The molecule has 1 aliphatic rings. The molecule has 1 N–H and O–H groups in total. The van der Waals surface area contributed by atoms with Gasteiger partial charge >= 0.3 is 12.3 Å². The summed E-state index contributed by atoms with van der Waals surface area (Å²) in [7, 11) is 0. The Morgan fingerprint density at radius 3 is 2.52 bits per heavy atom. The van der Waals surface area contributed by atoms with Crippen molar-refractivity contribution in [1.29, 1.82) is 0 Å². The van der Waals surface area contributed by atoms with Crippen molar-refractivity contribution < 1.29 is 23.1 Å². The highest BCUT2D eigenvalue weighted by Gasteiger charge is 2.38. The van der Waals surface area contributed by atoms with Gasteiger partial charge in [0.05, 0.1) is 18.4 Å². The molecule has 0 aromatic carbocycles. The molecule has 128 valence electrons. The third-order valence-corrected chi connectivity index (χ3v) is 3.69. The van der Waals surface area contributed by atoms with Crippen LogP contribution in [-0.2, 0) is 6.18 Å². The van der Waals surface area contributed by atoms with Gasteiger partial charge in [-0.1, -0.05) is 0 Å². The number of halogens is 3. The second-order valence-corrected chi connectivity index (χ2v) is 6.47. The van der Waals surface area contributed by atoms with E-state index in [0.29, 0.717) is 25.7 Å². The average Bonchev–Trinajstić information content (AvgIpc) is 2.85. The maximum Gasteiger partial charge on any atom is 0.434 e. The molecule has 1 amide bonds. The van der Waals surface area contributed by atoms with Crippen molar-refractivity contribution in [2.24, 2.45) is 0 Å². The number of anilines is 1. The molecule has 2 heterocycles. The Bertz CT molecular complexity index is 586. The molecule has 1 aliphatic heterocycles. The summed E-state index contributed by atoms with van der Waals surface area (Å²) in [6.45, 7) is 6.08. The van der Waals surface area contributed by atoms with E-state index in [1.807, 2.05) is 0 Å². The Labute approximate surface area is 131 Å². The molecule has 1 saturated heterocycles. The summed E-state index contributed by atoms with van der Waals surface area (Å²) in [5.41, 5.74) is -1.64. The average molecular weight is 332 g/mol. The molecular weight excluding hydrogens is 313 g/mol. The van der Waals surface area contributed by atoms with Crippen LogP contribution in [0.5, 0.6) is 0 Å². The molecule has 0 radical (unpaired) electrons. The summed E-state index contributed by atoms with van der Waals surface area (Å²) < 4.78 is 38.1. The van der Waals surface area contributed by atoms with Crippen LogP contribution < -0.4 is 4.90 Å². The highest BCUT2D eigenvalue weighted by Crippen LogP contribution is 2.30. The van der Waals surface area contributed by atoms with Crippen molar-refractivity contribution in [3.05, 3.63) is 18.1 Å². The highest BCUT2D eigenvalue weighted by atomic mass is 19.4. The van der Waals surface area contributed by atoms with Crippen LogP contribution >= 0.6 is 0 Å². The summed E-state index contributed by atoms with van der Waals surface area (Å²) in [6.07, 6.45) is -3.13. The van der Waals surface area contributed by atoms with Crippen LogP contribution in [0, 0.1) is 0 Å². The maximum absolute atomic E-state index is 12.7. The first-order valence-corrected chi connectivity index (χ1v) is 7.16. The highest BCUT2D eigenvalue weighted by molar-refractivity contribution is 5.67. The quantitative estimate of drug-likeness (QED) is 0.902. The smallest absolute Gasteiger partial charge is 0.434 e. The van der Waals surface area contributed by atoms with E-state index >= 15 is 0 Å². The fourth-order valence-electron chi connectivity index (χ4n) is 2.80. The van der Waals surface area contributed by atoms with E-state index in [4.69, 9.17) is 0 Å². The molecule has 0 aliphatic carbocycles. The van der Waals surface area contributed by atoms with Crippen LogP contribution in [0.2, 0.25) is 0 Å². The van der Waals surface area contributed by atoms with Crippen molar-refractivity contribution in [3.63, 3.8) is 0 Å². The minimum atomic E-state index is -4.55. The molecule has 1 atom stereocenters. The number of carbonyl (C=O) groups is 1. The summed E-state index contributed by atoms with van der Waals surface area (Å²) in [6, 6.07) is -0.302. The van der Waals surface area contributed by atoms with Gasteiger partial charge in [0.1, 0.15) is 5.82 Å². The van der Waals surface area contributed by atoms with Crippen LogP contribution in [0.15, 0.2) is 12.4 Å². The van der Waals surface area contributed by atoms with Crippen molar-refractivity contribution in [3.8, 4) is 0 Å². The lowest BCUT2D eigenvalue weighted by atomic mass is 10.0. The fourth-order valence-corrected chi connectivity index (χ4v) is 2.80. The largest absolute Gasteiger partial charge is 0.465 e. The minimum Gasteiger partial charge on any atom is -0.465 e. The number of hydrogen-bond donors (Lipinski definition) is 1. The van der Waals surface area contributed by atoms with Gasteiger partial charge in [-0.05, 0) is 27.2 Å². The number of hydrogen-bond acceptors (Lipinski definition) is 4. The zero-order valence-electron chi connectivity index (χ0n) is 13.1. The maximum atomic E-state index is 12.7. The molecule has 1 fully saturated rings. The van der Waals surface area contributed by atoms with Gasteiger partial charge < -0.3 is 10.0 Å². The number of carboxylic acid groups (broad SMARTS) is 1. The Kier molecular flexibility index (Phi) is 4.41. The topological polar surface area (TPSA) is 69.6 Å². The normalized spacial score (nSPS) is 19.0. The van der Waals surface area contributed by atoms with Crippen LogP contribution in [0.3, 0.4) is 0 Å². The number of amides is 1.